The number of anilines is 2. The second-order valence-electron chi connectivity index (χ2n) is 9.42. The Bertz CT molecular complexity index is 1660. The summed E-state index contributed by atoms with van der Waals surface area (Å²) in [6, 6.07) is 6.36. The maximum Gasteiger partial charge on any atom is 1.00 e. The van der Waals surface area contributed by atoms with Gasteiger partial charge in [0.2, 0.25) is 0 Å². The quantitative estimate of drug-likeness (QED) is 0.141. The van der Waals surface area contributed by atoms with Gasteiger partial charge in [-0.1, -0.05) is 31.5 Å². The van der Waals surface area contributed by atoms with Crippen LogP contribution in [-0.2, 0) is 0 Å². The standard InChI is InChI=1S/C28H27ClF2N7OS.C2H6.K/c1-3-8-34-9-10-35-27-17-12-19(29)22(16-6-7-20(30)25-21(16)18(13-32)26(33)40-25)23(31)24(17)36-28(37-27)39-14-15-5-4-11-38(15)2;1-2;/h6-7,9-10,12,15,34H,1,3-5,8,11,14,33H2,2H3,(H,35,36,37);1-2H3;/q-1;;+1/b10-9+;;. The van der Waals surface area contributed by atoms with Crippen LogP contribution in [0.2, 0.25) is 5.02 Å². The molecule has 0 saturated carbocycles. The van der Waals surface area contributed by atoms with Crippen LogP contribution in [0.15, 0.2) is 30.6 Å². The normalized spacial score (nSPS) is 14.8. The molecule has 5 rings (SSSR count). The smallest absolute Gasteiger partial charge is 0.462 e. The van der Waals surface area contributed by atoms with E-state index in [4.69, 9.17) is 22.1 Å². The molecule has 43 heavy (non-hydrogen) atoms. The van der Waals surface area contributed by atoms with E-state index < -0.39 is 11.6 Å². The molecule has 2 aromatic carbocycles. The van der Waals surface area contributed by atoms with Gasteiger partial charge in [0.15, 0.2) is 5.82 Å². The van der Waals surface area contributed by atoms with Crippen molar-refractivity contribution in [1.29, 1.82) is 5.26 Å². The summed E-state index contributed by atoms with van der Waals surface area (Å²) in [6.07, 6.45) is 6.08. The summed E-state index contributed by atoms with van der Waals surface area (Å²) in [5, 5.41) is 16.6. The van der Waals surface area contributed by atoms with Gasteiger partial charge in [0, 0.05) is 34.8 Å². The van der Waals surface area contributed by atoms with Crippen LogP contribution in [-0.4, -0.2) is 47.7 Å². The van der Waals surface area contributed by atoms with Crippen LogP contribution >= 0.6 is 22.9 Å². The van der Waals surface area contributed by atoms with Crippen molar-refractivity contribution in [2.24, 2.45) is 0 Å². The van der Waals surface area contributed by atoms with E-state index in [0.29, 0.717) is 30.8 Å². The maximum atomic E-state index is 16.4. The zero-order valence-corrected chi connectivity index (χ0v) is 29.4. The first-order chi connectivity index (χ1) is 20.3. The van der Waals surface area contributed by atoms with E-state index in [0.717, 1.165) is 30.7 Å². The number of benzene rings is 2. The largest absolute Gasteiger partial charge is 1.00 e. The molecule has 2 aromatic heterocycles. The van der Waals surface area contributed by atoms with Crippen molar-refractivity contribution >= 4 is 54.7 Å². The zero-order valence-electron chi connectivity index (χ0n) is 24.7. The summed E-state index contributed by atoms with van der Waals surface area (Å²) < 4.78 is 37.2. The van der Waals surface area contributed by atoms with Crippen LogP contribution in [0, 0.1) is 29.9 Å². The molecule has 0 aliphatic carbocycles. The number of hydrogen-bond acceptors (Lipinski definition) is 9. The fourth-order valence-electron chi connectivity index (χ4n) is 4.83. The number of fused-ring (bicyclic) bond motifs is 2. The van der Waals surface area contributed by atoms with Crippen LogP contribution < -0.4 is 72.5 Å². The van der Waals surface area contributed by atoms with Gasteiger partial charge in [-0.3, -0.25) is 0 Å². The number of likely N-dealkylation sites (N-methyl/N-ethyl adjacent to an activating group) is 1. The first-order valence-corrected chi connectivity index (χ1v) is 14.9. The Kier molecular flexibility index (Phi) is 13.4. The third-order valence-corrected chi connectivity index (χ3v) is 8.21. The minimum Gasteiger partial charge on any atom is -0.462 e. The molecule has 0 amide bonds. The summed E-state index contributed by atoms with van der Waals surface area (Å²) in [5.74, 6) is -1.02. The van der Waals surface area contributed by atoms with Crippen molar-refractivity contribution in [3.05, 3.63) is 59.7 Å². The molecule has 8 nitrogen and oxygen atoms in total. The van der Waals surface area contributed by atoms with Crippen LogP contribution in [0.4, 0.5) is 19.6 Å². The Balaban J connectivity index is 0.00000165. The van der Waals surface area contributed by atoms with Crippen molar-refractivity contribution in [2.75, 3.05) is 37.8 Å². The van der Waals surface area contributed by atoms with E-state index in [1.54, 1.807) is 18.5 Å². The predicted molar refractivity (Wildman–Crippen MR) is 168 cm³/mol. The molecule has 0 spiro atoms. The molecule has 1 aliphatic heterocycles. The topological polar surface area (TPSA) is 112 Å². The Hall–Kier alpha value is -2.08. The number of nitrogen functional groups attached to an aromatic ring is 1. The molecule has 3 heterocycles. The van der Waals surface area contributed by atoms with E-state index in [9.17, 15) is 9.65 Å². The number of rotatable bonds is 9. The van der Waals surface area contributed by atoms with Gasteiger partial charge in [-0.15, -0.1) is 11.3 Å². The number of thiophene rings is 1. The zero-order chi connectivity index (χ0) is 30.4. The SMILES string of the molecule is CC.[CH2-]CCN/C=C/Nc1nc(OCC2CCCN2C)nc2c(F)c(-c3ccc(F)c4sc(N)c(C#N)c34)c(Cl)cc12.[K+]. The van der Waals surface area contributed by atoms with Crippen LogP contribution in [0.5, 0.6) is 6.01 Å². The Morgan fingerprint density at radius 1 is 1.30 bits per heavy atom. The Morgan fingerprint density at radius 3 is 2.74 bits per heavy atom. The van der Waals surface area contributed by atoms with Crippen molar-refractivity contribution in [3.8, 4) is 23.2 Å². The molecule has 0 radical (unpaired) electrons. The molecule has 13 heteroatoms. The van der Waals surface area contributed by atoms with E-state index >= 15 is 4.39 Å². The first-order valence-electron chi connectivity index (χ1n) is 13.7. The minimum absolute atomic E-state index is 0. The first kappa shape index (κ1) is 35.4. The molecule has 1 unspecified atom stereocenters. The number of nitriles is 1. The van der Waals surface area contributed by atoms with Crippen LogP contribution in [0.1, 0.15) is 38.7 Å². The summed E-state index contributed by atoms with van der Waals surface area (Å²) in [5.41, 5.74) is 6.25. The number of nitrogens with zero attached hydrogens (tertiary/aromatic N) is 4. The molecule has 0 bridgehead atoms. The van der Waals surface area contributed by atoms with Gasteiger partial charge >= 0.3 is 57.4 Å². The fraction of sp³-hybridized carbons (Fsp3) is 0.333. The third-order valence-electron chi connectivity index (χ3n) is 6.88. The van der Waals surface area contributed by atoms with Gasteiger partial charge < -0.3 is 32.9 Å². The molecule has 4 N–H and O–H groups in total. The monoisotopic (exact) mass is 651 g/mol. The van der Waals surface area contributed by atoms with Gasteiger partial charge in [0.05, 0.1) is 15.3 Å². The maximum absolute atomic E-state index is 16.4. The number of ether oxygens (including phenoxy) is 1. The fourth-order valence-corrected chi connectivity index (χ4v) is 6.07. The van der Waals surface area contributed by atoms with Gasteiger partial charge in [-0.2, -0.15) is 21.7 Å². The number of nitrogens with one attached hydrogen (secondary N) is 2. The van der Waals surface area contributed by atoms with Gasteiger partial charge in [-0.05, 0) is 50.7 Å². The second kappa shape index (κ2) is 16.3. The average molecular weight is 652 g/mol. The number of halogens is 3. The molecule has 1 atom stereocenters. The number of hydrogen-bond donors (Lipinski definition) is 3. The Labute approximate surface area is 302 Å². The van der Waals surface area contributed by atoms with Crippen molar-refractivity contribution in [3.63, 3.8) is 0 Å². The number of likely N-dealkylation sites (tertiary alicyclic amines) is 1. The minimum atomic E-state index is -0.753. The van der Waals surface area contributed by atoms with Gasteiger partial charge in [0.25, 0.3) is 0 Å². The molecule has 4 aromatic rings. The predicted octanol–water partition coefficient (Wildman–Crippen LogP) is 4.10. The van der Waals surface area contributed by atoms with E-state index in [-0.39, 0.29) is 106 Å². The van der Waals surface area contributed by atoms with E-state index in [2.05, 4.69) is 32.4 Å². The molecule has 222 valence electrons. The van der Waals surface area contributed by atoms with E-state index in [1.807, 2.05) is 27.0 Å². The van der Waals surface area contributed by atoms with Crippen molar-refractivity contribution in [1.82, 2.24) is 20.2 Å². The summed E-state index contributed by atoms with van der Waals surface area (Å²) >= 11 is 7.59. The van der Waals surface area contributed by atoms with Gasteiger partial charge in [0.1, 0.15) is 34.8 Å². The molecule has 1 saturated heterocycles. The molecule has 1 fully saturated rings. The van der Waals surface area contributed by atoms with E-state index in [1.165, 1.54) is 12.1 Å². The number of nitrogens with two attached hydrogens (primary N) is 1. The average Bonchev–Trinajstić information content (AvgIpc) is 3.56. The van der Waals surface area contributed by atoms with Gasteiger partial charge in [-0.25, -0.2) is 8.78 Å². The van der Waals surface area contributed by atoms with Crippen LogP contribution in [0.25, 0.3) is 32.1 Å². The van der Waals surface area contributed by atoms with Crippen molar-refractivity contribution < 1.29 is 64.9 Å². The van der Waals surface area contributed by atoms with Crippen LogP contribution in [0.3, 0.4) is 0 Å². The molecule has 1 aliphatic rings. The molecular weight excluding hydrogens is 619 g/mol. The third kappa shape index (κ3) is 7.60. The number of aromatic nitrogens is 2. The summed E-state index contributed by atoms with van der Waals surface area (Å²) in [6.45, 7) is 9.79. The Morgan fingerprint density at radius 2 is 2.07 bits per heavy atom. The summed E-state index contributed by atoms with van der Waals surface area (Å²) in [7, 11) is 2.03. The molecular formula is C30H33ClF2KN7OS. The summed E-state index contributed by atoms with van der Waals surface area (Å²) in [4.78, 5) is 11.1. The van der Waals surface area contributed by atoms with Crippen molar-refractivity contribution in [2.45, 2.75) is 39.2 Å². The second-order valence-corrected chi connectivity index (χ2v) is 10.9.